The van der Waals surface area contributed by atoms with Crippen LogP contribution in [0.2, 0.25) is 0 Å². The highest BCUT2D eigenvalue weighted by atomic mass is 127. The summed E-state index contributed by atoms with van der Waals surface area (Å²) in [6, 6.07) is 9.65. The van der Waals surface area contributed by atoms with Gasteiger partial charge in [-0.2, -0.15) is 0 Å². The molecule has 0 saturated carbocycles. The number of guanidine groups is 1. The summed E-state index contributed by atoms with van der Waals surface area (Å²) in [5.74, 6) is 2.49. The van der Waals surface area contributed by atoms with Crippen LogP contribution in [0.15, 0.2) is 52.1 Å². The van der Waals surface area contributed by atoms with Gasteiger partial charge in [-0.1, -0.05) is 6.07 Å². The van der Waals surface area contributed by atoms with Crippen molar-refractivity contribution >= 4 is 29.9 Å². The second-order valence-electron chi connectivity index (χ2n) is 6.04. The molecule has 10 heteroatoms. The van der Waals surface area contributed by atoms with Gasteiger partial charge in [0.2, 0.25) is 5.82 Å². The molecule has 2 aromatic heterocycles. The quantitative estimate of drug-likeness (QED) is 0.242. The van der Waals surface area contributed by atoms with Crippen molar-refractivity contribution < 1.29 is 13.5 Å². The zero-order chi connectivity index (χ0) is 19.8. The molecular formula is C19H24FIN6O2. The van der Waals surface area contributed by atoms with Crippen LogP contribution in [0, 0.1) is 5.82 Å². The molecule has 8 nitrogen and oxygen atoms in total. The Kier molecular flexibility index (Phi) is 8.90. The summed E-state index contributed by atoms with van der Waals surface area (Å²) in [5, 5.41) is 13.3. The Morgan fingerprint density at radius 3 is 2.90 bits per heavy atom. The average Bonchev–Trinajstić information content (AvgIpc) is 3.35. The van der Waals surface area contributed by atoms with Crippen molar-refractivity contribution in [2.75, 3.05) is 13.1 Å². The summed E-state index contributed by atoms with van der Waals surface area (Å²) < 4.78 is 24.2. The monoisotopic (exact) mass is 514 g/mol. The molecule has 0 aliphatic carbocycles. The Bertz CT molecular complexity index is 900. The molecule has 0 saturated heterocycles. The van der Waals surface area contributed by atoms with E-state index in [0.717, 1.165) is 0 Å². The molecule has 3 rings (SSSR count). The third-order valence-electron chi connectivity index (χ3n) is 3.69. The summed E-state index contributed by atoms with van der Waals surface area (Å²) in [6.45, 7) is 5.40. The van der Waals surface area contributed by atoms with Crippen molar-refractivity contribution in [2.45, 2.75) is 26.5 Å². The molecule has 1 aromatic carbocycles. The number of aromatic nitrogens is 3. The third kappa shape index (κ3) is 7.04. The lowest BCUT2D eigenvalue weighted by molar-refractivity contribution is 0.223. The van der Waals surface area contributed by atoms with Gasteiger partial charge in [-0.15, -0.1) is 29.1 Å². The van der Waals surface area contributed by atoms with E-state index in [0.29, 0.717) is 48.8 Å². The van der Waals surface area contributed by atoms with Crippen molar-refractivity contribution in [2.24, 2.45) is 4.99 Å². The van der Waals surface area contributed by atoms with E-state index in [-0.39, 0.29) is 35.9 Å². The molecule has 0 fully saturated rings. The average molecular weight is 514 g/mol. The van der Waals surface area contributed by atoms with Crippen LogP contribution in [0.5, 0.6) is 5.75 Å². The molecule has 1 atom stereocenters. The molecule has 0 amide bonds. The van der Waals surface area contributed by atoms with Gasteiger partial charge in [0.25, 0.3) is 0 Å². The predicted octanol–water partition coefficient (Wildman–Crippen LogP) is 3.34. The van der Waals surface area contributed by atoms with E-state index in [9.17, 15) is 4.39 Å². The number of ether oxygens (including phenoxy) is 1. The van der Waals surface area contributed by atoms with Crippen molar-refractivity contribution in [3.63, 3.8) is 0 Å². The number of halogens is 2. The SMILES string of the molecule is CCNC(=NCc1nc(-c2ccco2)n[nH]1)NCC(C)Oc1cccc(F)c1.I. The molecule has 0 bridgehead atoms. The molecule has 3 aromatic rings. The number of furan rings is 1. The van der Waals surface area contributed by atoms with Gasteiger partial charge in [0, 0.05) is 12.6 Å². The standard InChI is InChI=1S/C19H23FN6O2.HI/c1-3-21-19(22-11-13(2)28-15-7-4-6-14(20)10-15)23-12-17-24-18(26-25-17)16-8-5-9-27-16;/h4-10,13H,3,11-12H2,1-2H3,(H2,21,22,23)(H,24,25,26);1H. The van der Waals surface area contributed by atoms with Gasteiger partial charge in [-0.25, -0.2) is 14.4 Å². The molecule has 0 aliphatic rings. The van der Waals surface area contributed by atoms with Crippen LogP contribution in [-0.2, 0) is 6.54 Å². The van der Waals surface area contributed by atoms with E-state index < -0.39 is 0 Å². The highest BCUT2D eigenvalue weighted by molar-refractivity contribution is 14.0. The molecule has 3 N–H and O–H groups in total. The molecule has 0 radical (unpaired) electrons. The van der Waals surface area contributed by atoms with Gasteiger partial charge < -0.3 is 19.8 Å². The lowest BCUT2D eigenvalue weighted by Crippen LogP contribution is -2.41. The van der Waals surface area contributed by atoms with Gasteiger partial charge in [-0.3, -0.25) is 5.10 Å². The van der Waals surface area contributed by atoms with Gasteiger partial charge in [0.15, 0.2) is 11.7 Å². The first kappa shape index (κ1) is 22.7. The van der Waals surface area contributed by atoms with Crippen LogP contribution >= 0.6 is 24.0 Å². The summed E-state index contributed by atoms with van der Waals surface area (Å²) in [6.07, 6.45) is 1.39. The van der Waals surface area contributed by atoms with Gasteiger partial charge in [0.05, 0.1) is 12.8 Å². The van der Waals surface area contributed by atoms with Crippen molar-refractivity contribution in [3.05, 3.63) is 54.3 Å². The largest absolute Gasteiger partial charge is 0.489 e. The highest BCUT2D eigenvalue weighted by Crippen LogP contribution is 2.15. The number of aliphatic imine (C=N–C) groups is 1. The Morgan fingerprint density at radius 2 is 2.17 bits per heavy atom. The van der Waals surface area contributed by atoms with Crippen molar-refractivity contribution in [3.8, 4) is 17.3 Å². The summed E-state index contributed by atoms with van der Waals surface area (Å²) in [4.78, 5) is 8.85. The molecule has 1 unspecified atom stereocenters. The fraction of sp³-hybridized carbons (Fsp3) is 0.316. The number of benzene rings is 1. The van der Waals surface area contributed by atoms with Gasteiger partial charge >= 0.3 is 0 Å². The molecule has 0 aliphatic heterocycles. The molecule has 156 valence electrons. The first-order valence-corrected chi connectivity index (χ1v) is 9.03. The maximum Gasteiger partial charge on any atom is 0.216 e. The fourth-order valence-electron chi connectivity index (χ4n) is 2.43. The molecule has 29 heavy (non-hydrogen) atoms. The number of nitrogens with zero attached hydrogens (tertiary/aromatic N) is 3. The topological polar surface area (TPSA) is 100 Å². The van der Waals surface area contributed by atoms with Crippen LogP contribution in [0.4, 0.5) is 4.39 Å². The molecule has 0 spiro atoms. The lowest BCUT2D eigenvalue weighted by Gasteiger charge is -2.17. The first-order chi connectivity index (χ1) is 13.6. The summed E-state index contributed by atoms with van der Waals surface area (Å²) >= 11 is 0. The smallest absolute Gasteiger partial charge is 0.216 e. The fourth-order valence-corrected chi connectivity index (χ4v) is 2.43. The number of nitrogens with one attached hydrogen (secondary N) is 3. The second-order valence-corrected chi connectivity index (χ2v) is 6.04. The minimum atomic E-state index is -0.325. The number of hydrogen-bond acceptors (Lipinski definition) is 5. The normalized spacial score (nSPS) is 12.2. The first-order valence-electron chi connectivity index (χ1n) is 9.03. The lowest BCUT2D eigenvalue weighted by atomic mass is 10.3. The number of aromatic amines is 1. The minimum Gasteiger partial charge on any atom is -0.489 e. The Morgan fingerprint density at radius 1 is 1.31 bits per heavy atom. The highest BCUT2D eigenvalue weighted by Gasteiger charge is 2.09. The number of hydrogen-bond donors (Lipinski definition) is 3. The Hall–Kier alpha value is -2.63. The van der Waals surface area contributed by atoms with E-state index >= 15 is 0 Å². The number of H-pyrrole nitrogens is 1. The summed E-state index contributed by atoms with van der Waals surface area (Å²) in [5.41, 5.74) is 0. The predicted molar refractivity (Wildman–Crippen MR) is 119 cm³/mol. The van der Waals surface area contributed by atoms with E-state index in [1.165, 1.54) is 12.1 Å². The van der Waals surface area contributed by atoms with Crippen LogP contribution in [0.3, 0.4) is 0 Å². The maximum atomic E-state index is 13.2. The van der Waals surface area contributed by atoms with E-state index in [4.69, 9.17) is 9.15 Å². The summed E-state index contributed by atoms with van der Waals surface area (Å²) in [7, 11) is 0. The van der Waals surface area contributed by atoms with Crippen LogP contribution in [0.25, 0.3) is 11.6 Å². The zero-order valence-corrected chi connectivity index (χ0v) is 18.5. The Labute approximate surface area is 185 Å². The van der Waals surface area contributed by atoms with Crippen LogP contribution in [-0.4, -0.2) is 40.3 Å². The van der Waals surface area contributed by atoms with E-state index in [2.05, 4.69) is 30.8 Å². The minimum absolute atomic E-state index is 0. The van der Waals surface area contributed by atoms with E-state index in [1.807, 2.05) is 13.8 Å². The van der Waals surface area contributed by atoms with Crippen LogP contribution < -0.4 is 15.4 Å². The second kappa shape index (κ2) is 11.4. The third-order valence-corrected chi connectivity index (χ3v) is 3.69. The van der Waals surface area contributed by atoms with Crippen molar-refractivity contribution in [1.29, 1.82) is 0 Å². The molecule has 2 heterocycles. The molecular weight excluding hydrogens is 490 g/mol. The number of rotatable bonds is 8. The van der Waals surface area contributed by atoms with Crippen molar-refractivity contribution in [1.82, 2.24) is 25.8 Å². The van der Waals surface area contributed by atoms with Gasteiger partial charge in [0.1, 0.15) is 30.0 Å². The zero-order valence-electron chi connectivity index (χ0n) is 16.2. The Balaban J connectivity index is 0.00000300. The van der Waals surface area contributed by atoms with Gasteiger partial charge in [-0.05, 0) is 38.1 Å². The van der Waals surface area contributed by atoms with Crippen LogP contribution in [0.1, 0.15) is 19.7 Å². The van der Waals surface area contributed by atoms with E-state index in [1.54, 1.807) is 30.5 Å². The maximum absolute atomic E-state index is 13.2.